The second kappa shape index (κ2) is 7.33. The van der Waals surface area contributed by atoms with E-state index < -0.39 is 11.6 Å². The molecule has 0 amide bonds. The number of carbonyl (C=O) groups is 1. The van der Waals surface area contributed by atoms with Gasteiger partial charge in [-0.25, -0.2) is 9.59 Å². The maximum Gasteiger partial charge on any atom is 0.344 e. The molecule has 6 nitrogen and oxygen atoms in total. The molecule has 0 saturated carbocycles. The van der Waals surface area contributed by atoms with Crippen LogP contribution in [0.2, 0.25) is 5.02 Å². The molecule has 0 aliphatic rings. The van der Waals surface area contributed by atoms with Gasteiger partial charge in [0.25, 0.3) is 0 Å². The molecule has 0 N–H and O–H groups in total. The van der Waals surface area contributed by atoms with Crippen LogP contribution < -0.4 is 5.63 Å². The summed E-state index contributed by atoms with van der Waals surface area (Å²) in [5.41, 5.74) is 2.18. The molecule has 136 valence electrons. The predicted molar refractivity (Wildman–Crippen MR) is 96.6 cm³/mol. The number of halogens is 1. The van der Waals surface area contributed by atoms with Gasteiger partial charge >= 0.3 is 11.6 Å². The Bertz CT molecular complexity index is 1030. The first kappa shape index (κ1) is 18.2. The molecular formula is C19H18ClNO5. The van der Waals surface area contributed by atoms with Crippen LogP contribution >= 0.6 is 11.6 Å². The largest absolute Gasteiger partial charge is 0.457 e. The van der Waals surface area contributed by atoms with Crippen LogP contribution in [0.3, 0.4) is 0 Å². The third-order valence-corrected chi connectivity index (χ3v) is 4.56. The maximum absolute atomic E-state index is 12.4. The average Bonchev–Trinajstić information content (AvgIpc) is 3.00. The van der Waals surface area contributed by atoms with E-state index in [2.05, 4.69) is 5.16 Å². The summed E-state index contributed by atoms with van der Waals surface area (Å²) in [6.45, 7) is 5.40. The summed E-state index contributed by atoms with van der Waals surface area (Å²) in [6, 6.07) is 4.77. The van der Waals surface area contributed by atoms with Gasteiger partial charge in [-0.2, -0.15) is 0 Å². The van der Waals surface area contributed by atoms with Crippen LogP contribution in [0.15, 0.2) is 31.9 Å². The van der Waals surface area contributed by atoms with Gasteiger partial charge in [-0.15, -0.1) is 0 Å². The molecule has 3 aromatic rings. The fourth-order valence-electron chi connectivity index (χ4n) is 2.82. The van der Waals surface area contributed by atoms with Crippen LogP contribution in [0.5, 0.6) is 0 Å². The van der Waals surface area contributed by atoms with Gasteiger partial charge in [0.1, 0.15) is 23.5 Å². The van der Waals surface area contributed by atoms with Crippen molar-refractivity contribution in [1.29, 1.82) is 0 Å². The van der Waals surface area contributed by atoms with Crippen molar-refractivity contribution in [3.63, 3.8) is 0 Å². The molecule has 7 heteroatoms. The van der Waals surface area contributed by atoms with Crippen molar-refractivity contribution in [2.24, 2.45) is 0 Å². The lowest BCUT2D eigenvalue weighted by molar-refractivity contribution is 0.0470. The molecule has 0 aliphatic heterocycles. The fraction of sp³-hybridized carbons (Fsp3) is 0.316. The van der Waals surface area contributed by atoms with Crippen molar-refractivity contribution in [2.45, 2.75) is 40.2 Å². The first-order valence-corrected chi connectivity index (χ1v) is 8.69. The number of aromatic nitrogens is 1. The number of hydrogen-bond acceptors (Lipinski definition) is 6. The summed E-state index contributed by atoms with van der Waals surface area (Å²) in [7, 11) is 0. The Morgan fingerprint density at radius 1 is 1.19 bits per heavy atom. The Hall–Kier alpha value is -2.60. The number of carbonyl (C=O) groups excluding carboxylic acids is 1. The second-order valence-electron chi connectivity index (χ2n) is 5.87. The van der Waals surface area contributed by atoms with E-state index in [4.69, 9.17) is 25.3 Å². The number of benzene rings is 1. The standard InChI is InChI=1S/C19H18ClNO5/c1-4-11-6-16-13(8-14(11)20)12(7-17(22)25-16)9-24-19(23)18-10(3)26-21-15(18)5-2/h6-8H,4-5,9H2,1-3H3. The van der Waals surface area contributed by atoms with Gasteiger partial charge in [0, 0.05) is 22.0 Å². The van der Waals surface area contributed by atoms with Crippen molar-refractivity contribution in [1.82, 2.24) is 5.16 Å². The zero-order chi connectivity index (χ0) is 18.8. The van der Waals surface area contributed by atoms with E-state index in [-0.39, 0.29) is 6.61 Å². The Morgan fingerprint density at radius 3 is 2.65 bits per heavy atom. The summed E-state index contributed by atoms with van der Waals surface area (Å²) in [4.78, 5) is 24.3. The van der Waals surface area contributed by atoms with E-state index in [0.717, 1.165) is 5.56 Å². The third-order valence-electron chi connectivity index (χ3n) is 4.21. The molecule has 2 heterocycles. The van der Waals surface area contributed by atoms with Crippen LogP contribution in [0.1, 0.15) is 46.8 Å². The molecular weight excluding hydrogens is 358 g/mol. The smallest absolute Gasteiger partial charge is 0.344 e. The highest BCUT2D eigenvalue weighted by Crippen LogP contribution is 2.27. The Balaban J connectivity index is 1.93. The molecule has 0 atom stereocenters. The number of rotatable bonds is 5. The maximum atomic E-state index is 12.4. The number of aryl methyl sites for hydroxylation is 3. The molecule has 3 rings (SSSR count). The third kappa shape index (κ3) is 3.37. The number of nitrogens with zero attached hydrogens (tertiary/aromatic N) is 1. The number of fused-ring (bicyclic) bond motifs is 1. The molecule has 0 bridgehead atoms. The molecule has 0 aliphatic carbocycles. The molecule has 0 radical (unpaired) electrons. The van der Waals surface area contributed by atoms with E-state index in [1.165, 1.54) is 6.07 Å². The zero-order valence-corrected chi connectivity index (χ0v) is 15.5. The van der Waals surface area contributed by atoms with Gasteiger partial charge in [-0.3, -0.25) is 0 Å². The van der Waals surface area contributed by atoms with Crippen LogP contribution in [0, 0.1) is 6.92 Å². The molecule has 0 saturated heterocycles. The van der Waals surface area contributed by atoms with Crippen molar-refractivity contribution in [3.05, 3.63) is 61.8 Å². The quantitative estimate of drug-likeness (QED) is 0.490. The van der Waals surface area contributed by atoms with E-state index in [0.29, 0.717) is 51.4 Å². The minimum Gasteiger partial charge on any atom is -0.457 e. The first-order chi connectivity index (χ1) is 12.4. The molecule has 0 spiro atoms. The highest BCUT2D eigenvalue weighted by atomic mass is 35.5. The van der Waals surface area contributed by atoms with Gasteiger partial charge in [0.05, 0.1) is 5.69 Å². The lowest BCUT2D eigenvalue weighted by Crippen LogP contribution is -2.10. The van der Waals surface area contributed by atoms with E-state index >= 15 is 0 Å². The Kier molecular flexibility index (Phi) is 5.13. The molecule has 2 aromatic heterocycles. The Morgan fingerprint density at radius 2 is 1.96 bits per heavy atom. The predicted octanol–water partition coefficient (Wildman–Crippen LogP) is 4.22. The zero-order valence-electron chi connectivity index (χ0n) is 14.7. The van der Waals surface area contributed by atoms with Gasteiger partial charge < -0.3 is 13.7 Å². The monoisotopic (exact) mass is 375 g/mol. The minimum atomic E-state index is -0.543. The van der Waals surface area contributed by atoms with E-state index in [1.807, 2.05) is 13.8 Å². The Labute approximate surface area is 154 Å². The lowest BCUT2D eigenvalue weighted by atomic mass is 10.1. The van der Waals surface area contributed by atoms with Crippen LogP contribution in [0.4, 0.5) is 0 Å². The molecule has 0 fully saturated rings. The van der Waals surface area contributed by atoms with Crippen LogP contribution in [0.25, 0.3) is 11.0 Å². The van der Waals surface area contributed by atoms with Crippen molar-refractivity contribution >= 4 is 28.5 Å². The summed E-state index contributed by atoms with van der Waals surface area (Å²) in [5, 5.41) is 5.06. The van der Waals surface area contributed by atoms with Crippen molar-refractivity contribution in [3.8, 4) is 0 Å². The minimum absolute atomic E-state index is 0.0868. The SMILES string of the molecule is CCc1cc2oc(=O)cc(COC(=O)c3c(CC)noc3C)c2cc1Cl. The van der Waals surface area contributed by atoms with Gasteiger partial charge in [-0.1, -0.05) is 30.6 Å². The molecule has 26 heavy (non-hydrogen) atoms. The van der Waals surface area contributed by atoms with Crippen LogP contribution in [-0.2, 0) is 24.2 Å². The van der Waals surface area contributed by atoms with Gasteiger partial charge in [0.15, 0.2) is 0 Å². The fourth-order valence-corrected chi connectivity index (χ4v) is 3.11. The van der Waals surface area contributed by atoms with Crippen molar-refractivity contribution < 1.29 is 18.5 Å². The lowest BCUT2D eigenvalue weighted by Gasteiger charge is -2.09. The first-order valence-electron chi connectivity index (χ1n) is 8.32. The van der Waals surface area contributed by atoms with Crippen LogP contribution in [-0.4, -0.2) is 11.1 Å². The van der Waals surface area contributed by atoms with Crippen molar-refractivity contribution in [2.75, 3.05) is 0 Å². The topological polar surface area (TPSA) is 82.5 Å². The summed E-state index contributed by atoms with van der Waals surface area (Å²) in [6.07, 6.45) is 1.26. The summed E-state index contributed by atoms with van der Waals surface area (Å²) in [5.74, 6) is -0.141. The highest BCUT2D eigenvalue weighted by molar-refractivity contribution is 6.32. The second-order valence-corrected chi connectivity index (χ2v) is 6.28. The summed E-state index contributed by atoms with van der Waals surface area (Å²) < 4.78 is 15.7. The molecule has 1 aromatic carbocycles. The average molecular weight is 376 g/mol. The summed E-state index contributed by atoms with van der Waals surface area (Å²) >= 11 is 6.27. The highest BCUT2D eigenvalue weighted by Gasteiger charge is 2.21. The number of hydrogen-bond donors (Lipinski definition) is 0. The molecule has 0 unspecified atom stereocenters. The number of ether oxygens (including phenoxy) is 1. The van der Waals surface area contributed by atoms with Gasteiger partial charge in [0.2, 0.25) is 0 Å². The normalized spacial score (nSPS) is 11.1. The van der Waals surface area contributed by atoms with E-state index in [9.17, 15) is 9.59 Å². The van der Waals surface area contributed by atoms with E-state index in [1.54, 1.807) is 19.1 Å². The van der Waals surface area contributed by atoms with Gasteiger partial charge in [-0.05, 0) is 37.5 Å². The number of esters is 1.